The Hall–Kier alpha value is -2.34. The van der Waals surface area contributed by atoms with E-state index >= 15 is 0 Å². The zero-order valence-corrected chi connectivity index (χ0v) is 16.0. The predicted octanol–water partition coefficient (Wildman–Crippen LogP) is 3.39. The molecule has 0 amide bonds. The molecule has 2 heterocycles. The van der Waals surface area contributed by atoms with E-state index in [-0.39, 0.29) is 23.8 Å². The molecule has 0 aliphatic carbocycles. The van der Waals surface area contributed by atoms with E-state index in [1.807, 2.05) is 39.0 Å². The quantitative estimate of drug-likeness (QED) is 0.655. The van der Waals surface area contributed by atoms with Crippen LogP contribution in [0, 0.1) is 0 Å². The van der Waals surface area contributed by atoms with Gasteiger partial charge in [-0.2, -0.15) is 0 Å². The maximum absolute atomic E-state index is 12.2. The Morgan fingerprint density at radius 2 is 2.00 bits per heavy atom. The normalized spacial score (nSPS) is 16.2. The van der Waals surface area contributed by atoms with Crippen LogP contribution in [0.2, 0.25) is 0 Å². The topological polar surface area (TPSA) is 69.6 Å². The Labute approximate surface area is 153 Å². The molecular weight excluding hydrogens is 332 g/mol. The molecule has 1 aromatic heterocycles. The van der Waals surface area contributed by atoms with Gasteiger partial charge >= 0.3 is 5.97 Å². The Kier molecular flexibility index (Phi) is 4.56. The van der Waals surface area contributed by atoms with E-state index in [9.17, 15) is 9.59 Å². The summed E-state index contributed by atoms with van der Waals surface area (Å²) in [6.45, 7) is 10.5. The standard InChI is InChI=1S/C20H26N2O4/c1-13(23)16-9-22(10-18(24)26-19(2,3)4)17-7-6-14(8-15(16)17)21-20(5)11-25-12-20/h6-9,21H,10-12H2,1-5H3. The van der Waals surface area contributed by atoms with E-state index in [1.165, 1.54) is 6.92 Å². The van der Waals surface area contributed by atoms with Gasteiger partial charge in [-0.1, -0.05) is 0 Å². The van der Waals surface area contributed by atoms with Crippen LogP contribution in [0.3, 0.4) is 0 Å². The number of ketones is 1. The van der Waals surface area contributed by atoms with Crippen LogP contribution in [0.15, 0.2) is 24.4 Å². The first kappa shape index (κ1) is 18.5. The van der Waals surface area contributed by atoms with Crippen LogP contribution in [0.1, 0.15) is 45.0 Å². The first-order valence-corrected chi connectivity index (χ1v) is 8.78. The molecular formula is C20H26N2O4. The first-order chi connectivity index (χ1) is 12.1. The number of anilines is 1. The van der Waals surface area contributed by atoms with Gasteiger partial charge in [0.2, 0.25) is 0 Å². The lowest BCUT2D eigenvalue weighted by Crippen LogP contribution is -2.53. The number of rotatable bonds is 5. The molecule has 1 saturated heterocycles. The van der Waals surface area contributed by atoms with Gasteiger partial charge in [-0.3, -0.25) is 9.59 Å². The number of carbonyl (C=O) groups excluding carboxylic acids is 2. The molecule has 0 unspecified atom stereocenters. The minimum Gasteiger partial charge on any atom is -0.459 e. The van der Waals surface area contributed by atoms with Crippen molar-refractivity contribution in [3.05, 3.63) is 30.0 Å². The number of benzene rings is 1. The van der Waals surface area contributed by atoms with Crippen molar-refractivity contribution < 1.29 is 19.1 Å². The summed E-state index contributed by atoms with van der Waals surface area (Å²) in [5.41, 5.74) is 1.74. The zero-order valence-electron chi connectivity index (χ0n) is 16.0. The summed E-state index contributed by atoms with van der Waals surface area (Å²) < 4.78 is 12.5. The number of hydrogen-bond acceptors (Lipinski definition) is 5. The highest BCUT2D eigenvalue weighted by molar-refractivity contribution is 6.08. The molecule has 0 saturated carbocycles. The van der Waals surface area contributed by atoms with E-state index in [0.717, 1.165) is 16.6 Å². The minimum absolute atomic E-state index is 0.0340. The second kappa shape index (κ2) is 6.43. The number of aromatic nitrogens is 1. The lowest BCUT2D eigenvalue weighted by molar-refractivity contribution is -0.155. The highest BCUT2D eigenvalue weighted by atomic mass is 16.6. The minimum atomic E-state index is -0.541. The molecule has 1 aromatic carbocycles. The number of ether oxygens (including phenoxy) is 2. The zero-order chi connectivity index (χ0) is 19.1. The number of esters is 1. The van der Waals surface area contributed by atoms with Crippen LogP contribution < -0.4 is 5.32 Å². The Balaban J connectivity index is 1.92. The number of carbonyl (C=O) groups is 2. The van der Waals surface area contributed by atoms with E-state index in [4.69, 9.17) is 9.47 Å². The molecule has 0 radical (unpaired) electrons. The van der Waals surface area contributed by atoms with Crippen molar-refractivity contribution >= 4 is 28.3 Å². The third kappa shape index (κ3) is 3.90. The van der Waals surface area contributed by atoms with Crippen LogP contribution >= 0.6 is 0 Å². The average Bonchev–Trinajstić information content (AvgIpc) is 2.82. The summed E-state index contributed by atoms with van der Waals surface area (Å²) in [6.07, 6.45) is 1.73. The second-order valence-electron chi connectivity index (χ2n) is 8.22. The fourth-order valence-corrected chi connectivity index (χ4v) is 3.13. The monoisotopic (exact) mass is 358 g/mol. The fourth-order valence-electron chi connectivity index (χ4n) is 3.13. The third-order valence-corrected chi connectivity index (χ3v) is 4.27. The second-order valence-corrected chi connectivity index (χ2v) is 8.22. The summed E-state index contributed by atoms with van der Waals surface area (Å²) in [4.78, 5) is 24.3. The molecule has 140 valence electrons. The molecule has 1 aliphatic heterocycles. The van der Waals surface area contributed by atoms with Crippen LogP contribution in [-0.2, 0) is 20.8 Å². The maximum Gasteiger partial charge on any atom is 0.326 e. The van der Waals surface area contributed by atoms with Crippen molar-refractivity contribution in [3.63, 3.8) is 0 Å². The number of fused-ring (bicyclic) bond motifs is 1. The molecule has 0 spiro atoms. The van der Waals surface area contributed by atoms with Crippen LogP contribution in [0.25, 0.3) is 10.9 Å². The SMILES string of the molecule is CC(=O)c1cn(CC(=O)OC(C)(C)C)c2ccc(NC3(C)COC3)cc12. The van der Waals surface area contributed by atoms with Gasteiger partial charge < -0.3 is 19.4 Å². The lowest BCUT2D eigenvalue weighted by atomic mass is 10.00. The number of nitrogens with one attached hydrogen (secondary N) is 1. The Morgan fingerprint density at radius 3 is 2.54 bits per heavy atom. The largest absolute Gasteiger partial charge is 0.459 e. The molecule has 1 aliphatic rings. The number of Topliss-reactive ketones (excluding diaryl/α,β-unsaturated/α-hetero) is 1. The highest BCUT2D eigenvalue weighted by Crippen LogP contribution is 2.29. The maximum atomic E-state index is 12.2. The van der Waals surface area contributed by atoms with Crippen LogP contribution in [-0.4, -0.2) is 40.7 Å². The fraction of sp³-hybridized carbons (Fsp3) is 0.500. The summed E-state index contributed by atoms with van der Waals surface area (Å²) in [6, 6.07) is 5.85. The molecule has 1 fully saturated rings. The molecule has 6 heteroatoms. The van der Waals surface area contributed by atoms with Gasteiger partial charge in [0.05, 0.1) is 18.8 Å². The molecule has 26 heavy (non-hydrogen) atoms. The van der Waals surface area contributed by atoms with Crippen molar-refractivity contribution in [2.24, 2.45) is 0 Å². The number of hydrogen-bond donors (Lipinski definition) is 1. The van der Waals surface area contributed by atoms with Crippen molar-refractivity contribution in [2.75, 3.05) is 18.5 Å². The number of nitrogens with zero attached hydrogens (tertiary/aromatic N) is 1. The highest BCUT2D eigenvalue weighted by Gasteiger charge is 2.33. The lowest BCUT2D eigenvalue weighted by Gasteiger charge is -2.39. The summed E-state index contributed by atoms with van der Waals surface area (Å²) >= 11 is 0. The van der Waals surface area contributed by atoms with E-state index in [2.05, 4.69) is 12.2 Å². The first-order valence-electron chi connectivity index (χ1n) is 8.78. The molecule has 1 N–H and O–H groups in total. The van der Waals surface area contributed by atoms with Gasteiger partial charge in [-0.15, -0.1) is 0 Å². The van der Waals surface area contributed by atoms with Gasteiger partial charge in [0, 0.05) is 28.4 Å². The van der Waals surface area contributed by atoms with Crippen molar-refractivity contribution in [2.45, 2.75) is 52.3 Å². The average molecular weight is 358 g/mol. The molecule has 3 rings (SSSR count). The molecule has 2 aromatic rings. The van der Waals surface area contributed by atoms with Crippen LogP contribution in [0.4, 0.5) is 5.69 Å². The van der Waals surface area contributed by atoms with Crippen molar-refractivity contribution in [1.29, 1.82) is 0 Å². The summed E-state index contributed by atoms with van der Waals surface area (Å²) in [5, 5.41) is 4.29. The van der Waals surface area contributed by atoms with Gasteiger partial charge in [0.15, 0.2) is 5.78 Å². The Bertz CT molecular complexity index is 857. The molecule has 6 nitrogen and oxygen atoms in total. The van der Waals surface area contributed by atoms with Gasteiger partial charge in [-0.05, 0) is 52.8 Å². The predicted molar refractivity (Wildman–Crippen MR) is 101 cm³/mol. The van der Waals surface area contributed by atoms with Gasteiger partial charge in [0.25, 0.3) is 0 Å². The van der Waals surface area contributed by atoms with Crippen molar-refractivity contribution in [1.82, 2.24) is 4.57 Å². The van der Waals surface area contributed by atoms with Crippen LogP contribution in [0.5, 0.6) is 0 Å². The van der Waals surface area contributed by atoms with E-state index in [0.29, 0.717) is 18.8 Å². The smallest absolute Gasteiger partial charge is 0.326 e. The Morgan fingerprint density at radius 1 is 1.31 bits per heavy atom. The van der Waals surface area contributed by atoms with E-state index in [1.54, 1.807) is 10.8 Å². The van der Waals surface area contributed by atoms with Gasteiger partial charge in [0.1, 0.15) is 12.1 Å². The summed E-state index contributed by atoms with van der Waals surface area (Å²) in [7, 11) is 0. The van der Waals surface area contributed by atoms with Gasteiger partial charge in [-0.25, -0.2) is 0 Å². The third-order valence-electron chi connectivity index (χ3n) is 4.27. The van der Waals surface area contributed by atoms with Crippen molar-refractivity contribution in [3.8, 4) is 0 Å². The van der Waals surface area contributed by atoms with E-state index < -0.39 is 5.60 Å². The molecule has 0 atom stereocenters. The molecule has 0 bridgehead atoms. The summed E-state index contributed by atoms with van der Waals surface area (Å²) in [5.74, 6) is -0.362.